The molecule has 22 heavy (non-hydrogen) atoms. The Morgan fingerprint density at radius 1 is 1.59 bits per heavy atom. The Labute approximate surface area is 124 Å². The Morgan fingerprint density at radius 2 is 2.41 bits per heavy atom. The fraction of sp³-hybridized carbons (Fsp3) is 0.462. The maximum atomic E-state index is 11.9. The number of anilines is 1. The third kappa shape index (κ3) is 2.02. The molecule has 1 aliphatic carbocycles. The molecule has 4 rings (SSSR count). The number of nitrogen functional groups attached to an aromatic ring is 1. The van der Waals surface area contributed by atoms with Crippen molar-refractivity contribution in [2.75, 3.05) is 12.3 Å². The molecule has 0 saturated heterocycles. The third-order valence-corrected chi connectivity index (χ3v) is 3.82. The van der Waals surface area contributed by atoms with E-state index in [4.69, 9.17) is 10.5 Å². The molecule has 5 N–H and O–H groups in total. The zero-order valence-corrected chi connectivity index (χ0v) is 11.7. The second kappa shape index (κ2) is 4.63. The lowest BCUT2D eigenvalue weighted by atomic mass is 10.3. The summed E-state index contributed by atoms with van der Waals surface area (Å²) in [4.78, 5) is 22.6. The minimum Gasteiger partial charge on any atom is -0.393 e. The van der Waals surface area contributed by atoms with Crippen LogP contribution in [0.1, 0.15) is 12.8 Å². The van der Waals surface area contributed by atoms with E-state index < -0.39 is 17.5 Å². The number of nitrogens with two attached hydrogens (primary N) is 1. The van der Waals surface area contributed by atoms with Gasteiger partial charge in [-0.15, -0.1) is 0 Å². The molecule has 0 amide bonds. The SMILES string of the molecule is Nc1nc2c(ncn2[C@@]2(NC3CC3)C=C[C@@H](CO)O2)c(=O)[nH]1. The number of fused-ring (bicyclic) bond motifs is 1. The van der Waals surface area contributed by atoms with Crippen molar-refractivity contribution in [2.24, 2.45) is 0 Å². The van der Waals surface area contributed by atoms with E-state index in [1.165, 1.54) is 6.33 Å². The molecule has 2 atom stereocenters. The van der Waals surface area contributed by atoms with Gasteiger partial charge in [0.05, 0.1) is 6.61 Å². The predicted octanol–water partition coefficient (Wildman–Crippen LogP) is -0.989. The summed E-state index contributed by atoms with van der Waals surface area (Å²) in [6.45, 7) is -0.132. The summed E-state index contributed by atoms with van der Waals surface area (Å²) in [5, 5.41) is 12.7. The van der Waals surface area contributed by atoms with E-state index in [0.29, 0.717) is 11.7 Å². The second-order valence-electron chi connectivity index (χ2n) is 5.55. The molecule has 2 aliphatic rings. The summed E-state index contributed by atoms with van der Waals surface area (Å²) < 4.78 is 7.58. The van der Waals surface area contributed by atoms with Crippen molar-refractivity contribution in [2.45, 2.75) is 30.8 Å². The summed E-state index contributed by atoms with van der Waals surface area (Å²) in [7, 11) is 0. The summed E-state index contributed by atoms with van der Waals surface area (Å²) in [5.41, 5.74) is 5.76. The monoisotopic (exact) mass is 304 g/mol. The van der Waals surface area contributed by atoms with Gasteiger partial charge in [-0.05, 0) is 18.9 Å². The summed E-state index contributed by atoms with van der Waals surface area (Å²) in [6, 6.07) is 0.318. The molecule has 1 aliphatic heterocycles. The van der Waals surface area contributed by atoms with Crippen LogP contribution in [-0.4, -0.2) is 43.4 Å². The van der Waals surface area contributed by atoms with Crippen molar-refractivity contribution in [3.63, 3.8) is 0 Å². The Morgan fingerprint density at radius 3 is 3.09 bits per heavy atom. The van der Waals surface area contributed by atoms with Crippen LogP contribution in [-0.2, 0) is 10.6 Å². The van der Waals surface area contributed by atoms with E-state index in [1.807, 2.05) is 6.08 Å². The molecule has 2 aromatic rings. The molecule has 0 radical (unpaired) electrons. The van der Waals surface area contributed by atoms with E-state index in [9.17, 15) is 9.90 Å². The van der Waals surface area contributed by atoms with Crippen molar-refractivity contribution < 1.29 is 9.84 Å². The zero-order chi connectivity index (χ0) is 15.3. The van der Waals surface area contributed by atoms with Crippen molar-refractivity contribution >= 4 is 17.1 Å². The van der Waals surface area contributed by atoms with Gasteiger partial charge < -0.3 is 15.6 Å². The molecular weight excluding hydrogens is 288 g/mol. The number of imidazole rings is 1. The summed E-state index contributed by atoms with van der Waals surface area (Å²) in [6.07, 6.45) is 6.75. The Bertz CT molecular complexity index is 808. The van der Waals surface area contributed by atoms with Crippen LogP contribution in [0.2, 0.25) is 0 Å². The zero-order valence-electron chi connectivity index (χ0n) is 11.7. The number of hydrogen-bond acceptors (Lipinski definition) is 7. The molecule has 0 aromatic carbocycles. The van der Waals surface area contributed by atoms with Crippen LogP contribution in [0.4, 0.5) is 5.95 Å². The maximum Gasteiger partial charge on any atom is 0.280 e. The van der Waals surface area contributed by atoms with Gasteiger partial charge in [0, 0.05) is 6.04 Å². The first kappa shape index (κ1) is 13.4. The average molecular weight is 304 g/mol. The maximum absolute atomic E-state index is 11.9. The van der Waals surface area contributed by atoms with Gasteiger partial charge in [0.15, 0.2) is 11.2 Å². The standard InChI is InChI=1S/C13H16N6O3/c14-12-16-10-9(11(21)17-12)15-6-19(10)13(18-7-1-2-7)4-3-8(5-20)22-13/h3-4,6-8,18,20H,1-2,5H2,(H3,14,16,17,21)/t8-,13-/m0/s1. The molecule has 2 aromatic heterocycles. The molecule has 0 bridgehead atoms. The van der Waals surface area contributed by atoms with Crippen molar-refractivity contribution in [1.82, 2.24) is 24.8 Å². The highest BCUT2D eigenvalue weighted by atomic mass is 16.6. The van der Waals surface area contributed by atoms with Gasteiger partial charge in [-0.1, -0.05) is 6.08 Å². The highest BCUT2D eigenvalue weighted by molar-refractivity contribution is 5.71. The molecule has 0 spiro atoms. The fourth-order valence-corrected chi connectivity index (χ4v) is 2.62. The lowest BCUT2D eigenvalue weighted by Gasteiger charge is -2.31. The number of hydrogen-bond donors (Lipinski definition) is 4. The van der Waals surface area contributed by atoms with E-state index in [0.717, 1.165) is 12.8 Å². The first-order valence-electron chi connectivity index (χ1n) is 7.10. The first-order chi connectivity index (χ1) is 10.6. The van der Waals surface area contributed by atoms with Gasteiger partial charge in [-0.3, -0.25) is 19.7 Å². The van der Waals surface area contributed by atoms with Gasteiger partial charge in [0.25, 0.3) is 5.56 Å². The molecule has 9 heteroatoms. The topological polar surface area (TPSA) is 131 Å². The lowest BCUT2D eigenvalue weighted by molar-refractivity contribution is -0.114. The average Bonchev–Trinajstić information content (AvgIpc) is 3.02. The van der Waals surface area contributed by atoms with Crippen molar-refractivity contribution in [3.8, 4) is 0 Å². The van der Waals surface area contributed by atoms with E-state index in [2.05, 4.69) is 20.3 Å². The van der Waals surface area contributed by atoms with Crippen molar-refractivity contribution in [3.05, 3.63) is 28.8 Å². The highest BCUT2D eigenvalue weighted by Crippen LogP contribution is 2.33. The van der Waals surface area contributed by atoms with Gasteiger partial charge in [-0.2, -0.15) is 4.98 Å². The van der Waals surface area contributed by atoms with E-state index >= 15 is 0 Å². The van der Waals surface area contributed by atoms with Crippen LogP contribution in [0.25, 0.3) is 11.2 Å². The number of aliphatic hydroxyl groups excluding tert-OH is 1. The largest absolute Gasteiger partial charge is 0.393 e. The van der Waals surface area contributed by atoms with Gasteiger partial charge in [-0.25, -0.2) is 4.98 Å². The van der Waals surface area contributed by atoms with Crippen LogP contribution >= 0.6 is 0 Å². The van der Waals surface area contributed by atoms with Crippen LogP contribution in [0, 0.1) is 0 Å². The number of nitrogens with zero attached hydrogens (tertiary/aromatic N) is 3. The number of H-pyrrole nitrogens is 1. The molecular formula is C13H16N6O3. The Hall–Kier alpha value is -2.23. The minimum absolute atomic E-state index is 0.0153. The van der Waals surface area contributed by atoms with Gasteiger partial charge in [0.2, 0.25) is 11.8 Å². The number of ether oxygens (including phenoxy) is 1. The molecule has 1 fully saturated rings. The normalized spacial score (nSPS) is 27.8. The summed E-state index contributed by atoms with van der Waals surface area (Å²) >= 11 is 0. The van der Waals surface area contributed by atoms with Crippen LogP contribution < -0.4 is 16.6 Å². The number of rotatable bonds is 4. The third-order valence-electron chi connectivity index (χ3n) is 3.82. The van der Waals surface area contributed by atoms with Gasteiger partial charge >= 0.3 is 0 Å². The van der Waals surface area contributed by atoms with Crippen molar-refractivity contribution in [1.29, 1.82) is 0 Å². The first-order valence-corrected chi connectivity index (χ1v) is 7.10. The second-order valence-corrected chi connectivity index (χ2v) is 5.55. The number of nitrogens with one attached hydrogen (secondary N) is 2. The minimum atomic E-state index is -1.02. The van der Waals surface area contributed by atoms with Gasteiger partial charge in [0.1, 0.15) is 12.4 Å². The smallest absolute Gasteiger partial charge is 0.280 e. The predicted molar refractivity (Wildman–Crippen MR) is 77.8 cm³/mol. The summed E-state index contributed by atoms with van der Waals surface area (Å²) in [5.74, 6) is -1.00. The fourth-order valence-electron chi connectivity index (χ4n) is 2.62. The molecule has 9 nitrogen and oxygen atoms in total. The number of aromatic amines is 1. The highest BCUT2D eigenvalue weighted by Gasteiger charge is 2.42. The quantitative estimate of drug-likeness (QED) is 0.533. The molecule has 1 saturated carbocycles. The number of aromatic nitrogens is 4. The van der Waals surface area contributed by atoms with Crippen LogP contribution in [0.3, 0.4) is 0 Å². The molecule has 116 valence electrons. The van der Waals surface area contributed by atoms with Crippen LogP contribution in [0.15, 0.2) is 23.3 Å². The molecule has 0 unspecified atom stereocenters. The Kier molecular flexibility index (Phi) is 2.83. The van der Waals surface area contributed by atoms with E-state index in [1.54, 1.807) is 10.6 Å². The Balaban J connectivity index is 1.86. The van der Waals surface area contributed by atoms with Crippen LogP contribution in [0.5, 0.6) is 0 Å². The molecule has 3 heterocycles. The number of aliphatic hydroxyl groups is 1. The van der Waals surface area contributed by atoms with E-state index in [-0.39, 0.29) is 18.1 Å². The lowest BCUT2D eigenvalue weighted by Crippen LogP contribution is -2.49.